The maximum atomic E-state index is 13.2. The highest BCUT2D eigenvalue weighted by Crippen LogP contribution is 2.43. The maximum absolute atomic E-state index is 13.2. The first-order valence-electron chi connectivity index (χ1n) is 9.84. The summed E-state index contributed by atoms with van der Waals surface area (Å²) in [5, 5.41) is 3.07. The van der Waals surface area contributed by atoms with Crippen molar-refractivity contribution < 1.29 is 9.59 Å². The summed E-state index contributed by atoms with van der Waals surface area (Å²) in [5.41, 5.74) is 1.85. The SMILES string of the molecule is CCN(CC)C(=O)C(NC(=O)C(c1ccccc1)C1CC1)c1ccccc1. The number of amides is 2. The van der Waals surface area contributed by atoms with E-state index >= 15 is 0 Å². The van der Waals surface area contributed by atoms with Gasteiger partial charge in [-0.2, -0.15) is 0 Å². The molecule has 0 spiro atoms. The van der Waals surface area contributed by atoms with Gasteiger partial charge in [0.15, 0.2) is 0 Å². The molecule has 0 saturated heterocycles. The number of nitrogens with zero attached hydrogens (tertiary/aromatic N) is 1. The van der Waals surface area contributed by atoms with E-state index < -0.39 is 6.04 Å². The van der Waals surface area contributed by atoms with Gasteiger partial charge in [0.25, 0.3) is 0 Å². The minimum absolute atomic E-state index is 0.0536. The third kappa shape index (κ3) is 4.57. The minimum Gasteiger partial charge on any atom is -0.341 e. The smallest absolute Gasteiger partial charge is 0.249 e. The fourth-order valence-electron chi connectivity index (χ4n) is 3.61. The first-order valence-corrected chi connectivity index (χ1v) is 9.84. The van der Waals surface area contributed by atoms with Crippen LogP contribution < -0.4 is 5.32 Å². The van der Waals surface area contributed by atoms with Crippen LogP contribution in [0.4, 0.5) is 0 Å². The summed E-state index contributed by atoms with van der Waals surface area (Å²) in [7, 11) is 0. The lowest BCUT2D eigenvalue weighted by Crippen LogP contribution is -2.44. The minimum atomic E-state index is -0.649. The first kappa shape index (κ1) is 19.2. The average molecular weight is 364 g/mol. The Balaban J connectivity index is 1.86. The monoisotopic (exact) mass is 364 g/mol. The molecule has 2 aromatic carbocycles. The van der Waals surface area contributed by atoms with Gasteiger partial charge in [-0.1, -0.05) is 60.7 Å². The van der Waals surface area contributed by atoms with Crippen molar-refractivity contribution in [1.29, 1.82) is 0 Å². The van der Waals surface area contributed by atoms with Gasteiger partial charge in [0.1, 0.15) is 6.04 Å². The van der Waals surface area contributed by atoms with E-state index in [1.54, 1.807) is 4.90 Å². The summed E-state index contributed by atoms with van der Waals surface area (Å²) in [5.74, 6) is 0.0644. The molecule has 0 aliphatic heterocycles. The molecule has 1 N–H and O–H groups in total. The molecule has 1 aliphatic carbocycles. The molecule has 2 unspecified atom stereocenters. The third-order valence-electron chi connectivity index (χ3n) is 5.28. The van der Waals surface area contributed by atoms with Crippen LogP contribution in [-0.2, 0) is 9.59 Å². The number of carbonyl (C=O) groups excluding carboxylic acids is 2. The van der Waals surface area contributed by atoms with Crippen LogP contribution in [0.2, 0.25) is 0 Å². The van der Waals surface area contributed by atoms with Gasteiger partial charge < -0.3 is 10.2 Å². The second-order valence-corrected chi connectivity index (χ2v) is 7.09. The van der Waals surface area contributed by atoms with Crippen molar-refractivity contribution in [3.63, 3.8) is 0 Å². The topological polar surface area (TPSA) is 49.4 Å². The lowest BCUT2D eigenvalue weighted by molar-refractivity contribution is -0.136. The van der Waals surface area contributed by atoms with Crippen LogP contribution in [0.25, 0.3) is 0 Å². The van der Waals surface area contributed by atoms with Crippen LogP contribution in [-0.4, -0.2) is 29.8 Å². The van der Waals surface area contributed by atoms with Crippen molar-refractivity contribution in [2.24, 2.45) is 5.92 Å². The van der Waals surface area contributed by atoms with Gasteiger partial charge in [0.2, 0.25) is 11.8 Å². The maximum Gasteiger partial charge on any atom is 0.249 e. The average Bonchev–Trinajstić information content (AvgIpc) is 3.53. The number of likely N-dealkylation sites (N-methyl/N-ethyl adjacent to an activating group) is 1. The third-order valence-corrected chi connectivity index (χ3v) is 5.28. The zero-order valence-electron chi connectivity index (χ0n) is 16.1. The number of carbonyl (C=O) groups is 2. The van der Waals surface area contributed by atoms with Crippen LogP contribution in [0.5, 0.6) is 0 Å². The van der Waals surface area contributed by atoms with Crippen molar-refractivity contribution >= 4 is 11.8 Å². The second kappa shape index (κ2) is 8.85. The van der Waals surface area contributed by atoms with E-state index in [1.165, 1.54) is 0 Å². The fourth-order valence-corrected chi connectivity index (χ4v) is 3.61. The summed E-state index contributed by atoms with van der Waals surface area (Å²) in [6.07, 6.45) is 2.12. The Morgan fingerprint density at radius 1 is 0.926 bits per heavy atom. The van der Waals surface area contributed by atoms with E-state index in [4.69, 9.17) is 0 Å². The first-order chi connectivity index (χ1) is 13.2. The van der Waals surface area contributed by atoms with Gasteiger partial charge in [-0.15, -0.1) is 0 Å². The quantitative estimate of drug-likeness (QED) is 0.772. The Morgan fingerprint density at radius 3 is 1.93 bits per heavy atom. The molecule has 0 heterocycles. The van der Waals surface area contributed by atoms with Crippen molar-refractivity contribution in [2.75, 3.05) is 13.1 Å². The Hall–Kier alpha value is -2.62. The Morgan fingerprint density at radius 2 is 1.44 bits per heavy atom. The molecule has 0 aromatic heterocycles. The molecule has 2 amide bonds. The van der Waals surface area contributed by atoms with Gasteiger partial charge >= 0.3 is 0 Å². The Labute approximate surface area is 161 Å². The number of benzene rings is 2. The largest absolute Gasteiger partial charge is 0.341 e. The molecule has 2 atom stereocenters. The molecule has 4 nitrogen and oxygen atoms in total. The molecular weight excluding hydrogens is 336 g/mol. The molecule has 27 heavy (non-hydrogen) atoms. The molecule has 2 aromatic rings. The van der Waals surface area contributed by atoms with Gasteiger partial charge in [0.05, 0.1) is 5.92 Å². The number of hydrogen-bond acceptors (Lipinski definition) is 2. The van der Waals surface area contributed by atoms with Gasteiger partial charge in [-0.25, -0.2) is 0 Å². The van der Waals surface area contributed by atoms with Crippen LogP contribution >= 0.6 is 0 Å². The van der Waals surface area contributed by atoms with Crippen LogP contribution in [0.3, 0.4) is 0 Å². The molecule has 0 radical (unpaired) electrons. The van der Waals surface area contributed by atoms with E-state index in [0.29, 0.717) is 19.0 Å². The normalized spacial score (nSPS) is 15.6. The second-order valence-electron chi connectivity index (χ2n) is 7.09. The highest BCUT2D eigenvalue weighted by Gasteiger charge is 2.39. The molecule has 1 fully saturated rings. The van der Waals surface area contributed by atoms with E-state index in [9.17, 15) is 9.59 Å². The van der Waals surface area contributed by atoms with Crippen molar-refractivity contribution in [3.05, 3.63) is 71.8 Å². The standard InChI is InChI=1S/C23H28N2O2/c1-3-25(4-2)23(27)21(19-13-9-6-10-14-19)24-22(26)20(18-15-16-18)17-11-7-5-8-12-17/h5-14,18,20-21H,3-4,15-16H2,1-2H3,(H,24,26). The van der Waals surface area contributed by atoms with Crippen LogP contribution in [0.1, 0.15) is 49.8 Å². The highest BCUT2D eigenvalue weighted by atomic mass is 16.2. The summed E-state index contributed by atoms with van der Waals surface area (Å²) >= 11 is 0. The van der Waals surface area contributed by atoms with E-state index in [2.05, 4.69) is 5.32 Å². The fraction of sp³-hybridized carbons (Fsp3) is 0.391. The molecule has 1 aliphatic rings. The van der Waals surface area contributed by atoms with E-state index in [0.717, 1.165) is 24.0 Å². The van der Waals surface area contributed by atoms with Gasteiger partial charge in [-0.3, -0.25) is 9.59 Å². The summed E-state index contributed by atoms with van der Waals surface area (Å²) in [4.78, 5) is 28.1. The highest BCUT2D eigenvalue weighted by molar-refractivity contribution is 5.91. The lowest BCUT2D eigenvalue weighted by atomic mass is 9.92. The number of nitrogens with one attached hydrogen (secondary N) is 1. The lowest BCUT2D eigenvalue weighted by Gasteiger charge is -2.28. The van der Waals surface area contributed by atoms with Gasteiger partial charge in [0, 0.05) is 13.1 Å². The zero-order chi connectivity index (χ0) is 19.2. The zero-order valence-corrected chi connectivity index (χ0v) is 16.1. The molecule has 1 saturated carbocycles. The molecule has 3 rings (SSSR count). The molecular formula is C23H28N2O2. The summed E-state index contributed by atoms with van der Waals surface area (Å²) in [6, 6.07) is 18.8. The van der Waals surface area contributed by atoms with E-state index in [-0.39, 0.29) is 17.7 Å². The van der Waals surface area contributed by atoms with Crippen LogP contribution in [0, 0.1) is 5.92 Å². The van der Waals surface area contributed by atoms with Crippen molar-refractivity contribution in [1.82, 2.24) is 10.2 Å². The van der Waals surface area contributed by atoms with Crippen molar-refractivity contribution in [2.45, 2.75) is 38.6 Å². The van der Waals surface area contributed by atoms with Crippen molar-refractivity contribution in [3.8, 4) is 0 Å². The molecule has 4 heteroatoms. The number of hydrogen-bond donors (Lipinski definition) is 1. The predicted molar refractivity (Wildman–Crippen MR) is 107 cm³/mol. The summed E-state index contributed by atoms with van der Waals surface area (Å²) < 4.78 is 0. The number of rotatable bonds is 8. The Bertz CT molecular complexity index is 752. The van der Waals surface area contributed by atoms with Gasteiger partial charge in [-0.05, 0) is 43.7 Å². The van der Waals surface area contributed by atoms with E-state index in [1.807, 2.05) is 74.5 Å². The summed E-state index contributed by atoms with van der Waals surface area (Å²) in [6.45, 7) is 5.17. The predicted octanol–water partition coefficient (Wildman–Crippen LogP) is 3.91. The molecule has 0 bridgehead atoms. The van der Waals surface area contributed by atoms with Crippen LogP contribution in [0.15, 0.2) is 60.7 Å². The molecule has 142 valence electrons. The Kier molecular flexibility index (Phi) is 6.28.